The summed E-state index contributed by atoms with van der Waals surface area (Å²) in [6.45, 7) is 0. The number of aromatic nitrogens is 6. The molecule has 7 rings (SSSR count). The maximum Gasteiger partial charge on any atom is 0.224 e. The molecule has 8 nitrogen and oxygen atoms in total. The van der Waals surface area contributed by atoms with E-state index in [1.807, 2.05) is 30.3 Å². The molecular weight excluding hydrogens is 506 g/mol. The van der Waals surface area contributed by atoms with Crippen LogP contribution in [0.25, 0.3) is 55.2 Å². The number of aromatic amines is 2. The Kier molecular flexibility index (Phi) is 6.13. The summed E-state index contributed by atoms with van der Waals surface area (Å²) in [5.74, 6) is 1.23. The normalized spacial score (nSPS) is 14.3. The number of pyridine rings is 2. The number of carbonyl (C=O) groups is 1. The van der Waals surface area contributed by atoms with Crippen LogP contribution in [0.2, 0.25) is 0 Å². The number of hydrogen-bond acceptors (Lipinski definition) is 6. The van der Waals surface area contributed by atoms with Gasteiger partial charge in [0.2, 0.25) is 5.91 Å². The van der Waals surface area contributed by atoms with Crippen molar-refractivity contribution in [3.63, 3.8) is 0 Å². The lowest BCUT2D eigenvalue weighted by Gasteiger charge is -2.20. The summed E-state index contributed by atoms with van der Waals surface area (Å²) in [5.41, 5.74) is 6.77. The van der Waals surface area contributed by atoms with Gasteiger partial charge in [-0.05, 0) is 48.4 Å². The molecule has 0 atom stereocenters. The number of fused-ring (bicyclic) bond motifs is 2. The molecule has 194 valence electrons. The Labute approximate surface area is 228 Å². The molecule has 0 radical (unpaired) electrons. The van der Waals surface area contributed by atoms with Crippen molar-refractivity contribution in [3.8, 4) is 33.2 Å². The van der Waals surface area contributed by atoms with E-state index in [1.165, 1.54) is 24.1 Å². The van der Waals surface area contributed by atoms with Gasteiger partial charge in [0.15, 0.2) is 5.82 Å². The van der Waals surface area contributed by atoms with Gasteiger partial charge in [-0.3, -0.25) is 19.9 Å². The first-order valence-electron chi connectivity index (χ1n) is 13.3. The van der Waals surface area contributed by atoms with Gasteiger partial charge in [0.1, 0.15) is 5.69 Å². The first-order valence-corrected chi connectivity index (χ1v) is 14.2. The molecule has 0 aliphatic heterocycles. The summed E-state index contributed by atoms with van der Waals surface area (Å²) in [5, 5.41) is 13.7. The molecule has 1 saturated carbocycles. The van der Waals surface area contributed by atoms with Gasteiger partial charge in [-0.15, -0.1) is 11.3 Å². The van der Waals surface area contributed by atoms with Crippen LogP contribution >= 0.6 is 11.3 Å². The van der Waals surface area contributed by atoms with Gasteiger partial charge < -0.3 is 10.3 Å². The lowest BCUT2D eigenvalue weighted by Crippen LogP contribution is -2.18. The summed E-state index contributed by atoms with van der Waals surface area (Å²) in [4.78, 5) is 31.2. The molecule has 0 unspecified atom stereocenters. The van der Waals surface area contributed by atoms with Crippen LogP contribution in [0, 0.1) is 5.92 Å². The van der Waals surface area contributed by atoms with E-state index >= 15 is 0 Å². The lowest BCUT2D eigenvalue weighted by molar-refractivity contribution is -0.117. The number of rotatable bonds is 6. The smallest absolute Gasteiger partial charge is 0.224 e. The monoisotopic (exact) mass is 533 g/mol. The maximum absolute atomic E-state index is 12.7. The molecule has 1 aromatic carbocycles. The fraction of sp³-hybridized carbons (Fsp3) is 0.233. The van der Waals surface area contributed by atoms with Crippen LogP contribution in [0.1, 0.15) is 38.5 Å². The van der Waals surface area contributed by atoms with E-state index in [2.05, 4.69) is 48.0 Å². The Morgan fingerprint density at radius 2 is 1.95 bits per heavy atom. The van der Waals surface area contributed by atoms with Crippen LogP contribution in [0.3, 0.4) is 0 Å². The minimum atomic E-state index is 0.0492. The quantitative estimate of drug-likeness (QED) is 0.210. The zero-order valence-electron chi connectivity index (χ0n) is 21.3. The number of anilines is 1. The highest BCUT2D eigenvalue weighted by Crippen LogP contribution is 2.34. The SMILES string of the molecule is O=C(CC1CCCCC1)Nc1cncc(-c2cc3c(-c4nc5c(-c6cccs6)cccc5[nH]4)n[nH]c3cn2)c1. The Bertz CT molecular complexity index is 1780. The Balaban J connectivity index is 1.19. The van der Waals surface area contributed by atoms with Crippen LogP contribution in [-0.2, 0) is 4.79 Å². The number of H-pyrrole nitrogens is 2. The second-order valence-corrected chi connectivity index (χ2v) is 11.1. The lowest BCUT2D eigenvalue weighted by atomic mass is 9.87. The molecule has 5 heterocycles. The molecule has 0 saturated heterocycles. The highest BCUT2D eigenvalue weighted by molar-refractivity contribution is 7.13. The van der Waals surface area contributed by atoms with E-state index in [1.54, 1.807) is 29.9 Å². The number of carbonyl (C=O) groups excluding carboxylic acids is 1. The molecule has 1 fully saturated rings. The van der Waals surface area contributed by atoms with Crippen molar-refractivity contribution >= 4 is 44.9 Å². The van der Waals surface area contributed by atoms with E-state index in [9.17, 15) is 4.79 Å². The van der Waals surface area contributed by atoms with Gasteiger partial charge in [0.25, 0.3) is 0 Å². The number of nitrogens with zero attached hydrogens (tertiary/aromatic N) is 4. The molecule has 0 bridgehead atoms. The van der Waals surface area contributed by atoms with Crippen molar-refractivity contribution in [1.82, 2.24) is 30.1 Å². The van der Waals surface area contributed by atoms with Crippen molar-refractivity contribution in [2.45, 2.75) is 38.5 Å². The molecule has 5 aromatic heterocycles. The standard InChI is InChI=1S/C30H27N7OS/c38-27(12-18-6-2-1-3-7-18)33-20-13-19(15-31-16-20)24-14-22-25(17-32-24)36-37-29(22)30-34-23-9-4-8-21(28(23)35-30)26-10-5-11-39-26/h4-5,8-11,13-18H,1-3,6-7,12H2,(H,33,38)(H,34,35)(H,36,37). The Morgan fingerprint density at radius 3 is 2.82 bits per heavy atom. The third-order valence-electron chi connectivity index (χ3n) is 7.49. The predicted molar refractivity (Wildman–Crippen MR) is 155 cm³/mol. The van der Waals surface area contributed by atoms with Gasteiger partial charge in [-0.2, -0.15) is 5.10 Å². The number of nitrogens with one attached hydrogen (secondary N) is 3. The summed E-state index contributed by atoms with van der Waals surface area (Å²) in [6, 6.07) is 14.2. The predicted octanol–water partition coefficient (Wildman–Crippen LogP) is 7.20. The van der Waals surface area contributed by atoms with Crippen molar-refractivity contribution in [2.75, 3.05) is 5.32 Å². The minimum absolute atomic E-state index is 0.0492. The van der Waals surface area contributed by atoms with Crippen LogP contribution in [-0.4, -0.2) is 36.0 Å². The van der Waals surface area contributed by atoms with Gasteiger partial charge >= 0.3 is 0 Å². The van der Waals surface area contributed by atoms with E-state index in [-0.39, 0.29) is 5.91 Å². The molecule has 3 N–H and O–H groups in total. The summed E-state index contributed by atoms with van der Waals surface area (Å²) < 4.78 is 0. The van der Waals surface area contributed by atoms with E-state index in [4.69, 9.17) is 4.98 Å². The number of para-hydroxylation sites is 1. The fourth-order valence-electron chi connectivity index (χ4n) is 5.54. The van der Waals surface area contributed by atoms with Crippen molar-refractivity contribution < 1.29 is 4.79 Å². The third kappa shape index (κ3) is 4.70. The molecule has 9 heteroatoms. The fourth-order valence-corrected chi connectivity index (χ4v) is 6.30. The van der Waals surface area contributed by atoms with Crippen molar-refractivity contribution in [1.29, 1.82) is 0 Å². The number of benzene rings is 1. The largest absolute Gasteiger partial charge is 0.337 e. The zero-order chi connectivity index (χ0) is 26.2. The summed E-state index contributed by atoms with van der Waals surface area (Å²) >= 11 is 1.70. The van der Waals surface area contributed by atoms with E-state index < -0.39 is 0 Å². The number of amides is 1. The highest BCUT2D eigenvalue weighted by atomic mass is 32.1. The van der Waals surface area contributed by atoms with E-state index in [0.717, 1.165) is 57.3 Å². The maximum atomic E-state index is 12.7. The third-order valence-corrected chi connectivity index (χ3v) is 8.39. The molecular formula is C30H27N7OS. The summed E-state index contributed by atoms with van der Waals surface area (Å²) in [6.07, 6.45) is 11.8. The molecule has 1 aliphatic carbocycles. The molecule has 1 aliphatic rings. The van der Waals surface area contributed by atoms with Crippen LogP contribution < -0.4 is 5.32 Å². The van der Waals surface area contributed by atoms with Crippen LogP contribution in [0.5, 0.6) is 0 Å². The van der Waals surface area contributed by atoms with E-state index in [0.29, 0.717) is 23.9 Å². The highest BCUT2D eigenvalue weighted by Gasteiger charge is 2.19. The first kappa shape index (κ1) is 23.7. The van der Waals surface area contributed by atoms with Gasteiger partial charge in [0, 0.05) is 34.0 Å². The number of imidazole rings is 1. The second-order valence-electron chi connectivity index (χ2n) is 10.2. The van der Waals surface area contributed by atoms with Crippen LogP contribution in [0.4, 0.5) is 5.69 Å². The van der Waals surface area contributed by atoms with Gasteiger partial charge in [0.05, 0.1) is 40.3 Å². The molecule has 6 aromatic rings. The first-order chi connectivity index (χ1) is 19.2. The van der Waals surface area contributed by atoms with Crippen molar-refractivity contribution in [2.24, 2.45) is 5.92 Å². The zero-order valence-corrected chi connectivity index (χ0v) is 22.1. The number of thiophene rings is 1. The molecule has 1 amide bonds. The number of hydrogen-bond donors (Lipinski definition) is 3. The topological polar surface area (TPSA) is 112 Å². The molecule has 39 heavy (non-hydrogen) atoms. The summed E-state index contributed by atoms with van der Waals surface area (Å²) in [7, 11) is 0. The average Bonchev–Trinajstić information content (AvgIpc) is 3.73. The minimum Gasteiger partial charge on any atom is -0.337 e. The van der Waals surface area contributed by atoms with Gasteiger partial charge in [-0.1, -0.05) is 37.5 Å². The van der Waals surface area contributed by atoms with Crippen molar-refractivity contribution in [3.05, 3.63) is 66.4 Å². The van der Waals surface area contributed by atoms with Gasteiger partial charge in [-0.25, -0.2) is 4.98 Å². The average molecular weight is 534 g/mol. The Morgan fingerprint density at radius 1 is 1.03 bits per heavy atom. The second kappa shape index (κ2) is 10.1. The molecule has 0 spiro atoms. The Hall–Kier alpha value is -4.37. The van der Waals surface area contributed by atoms with Crippen LogP contribution in [0.15, 0.2) is 66.4 Å².